The third-order valence-corrected chi connectivity index (χ3v) is 2.34. The molecule has 0 atom stereocenters. The Morgan fingerprint density at radius 3 is 2.56 bits per heavy atom. The second-order valence-electron chi connectivity index (χ2n) is 3.06. The average Bonchev–Trinajstić information content (AvgIpc) is 1.79. The SMILES string of the molecule is CC1(NCCS)CCC1. The molecule has 0 aromatic rings. The molecule has 1 aliphatic rings. The van der Waals surface area contributed by atoms with Crippen molar-refractivity contribution in [2.75, 3.05) is 12.3 Å². The van der Waals surface area contributed by atoms with E-state index in [0.29, 0.717) is 5.54 Å². The Balaban J connectivity index is 2.09. The summed E-state index contributed by atoms with van der Waals surface area (Å²) < 4.78 is 0. The van der Waals surface area contributed by atoms with Gasteiger partial charge in [-0.1, -0.05) is 0 Å². The molecule has 0 aliphatic heterocycles. The second-order valence-corrected chi connectivity index (χ2v) is 3.51. The standard InChI is InChI=1S/C7H15NS/c1-7(3-2-4-7)8-5-6-9/h8-9H,2-6H2,1H3. The van der Waals surface area contributed by atoms with Crippen molar-refractivity contribution in [1.82, 2.24) is 5.32 Å². The monoisotopic (exact) mass is 145 g/mol. The van der Waals surface area contributed by atoms with Crippen LogP contribution in [-0.4, -0.2) is 17.8 Å². The molecule has 0 spiro atoms. The fourth-order valence-corrected chi connectivity index (χ4v) is 1.35. The molecule has 1 rings (SSSR count). The van der Waals surface area contributed by atoms with Gasteiger partial charge < -0.3 is 5.32 Å². The van der Waals surface area contributed by atoms with Gasteiger partial charge in [0.2, 0.25) is 0 Å². The lowest BCUT2D eigenvalue weighted by molar-refractivity contribution is 0.214. The van der Waals surface area contributed by atoms with Crippen molar-refractivity contribution >= 4 is 12.6 Å². The Bertz CT molecular complexity index is 88.9. The lowest BCUT2D eigenvalue weighted by Crippen LogP contribution is -2.48. The van der Waals surface area contributed by atoms with Crippen LogP contribution < -0.4 is 5.32 Å². The first-order valence-corrected chi connectivity index (χ1v) is 4.26. The normalized spacial score (nSPS) is 23.3. The maximum absolute atomic E-state index is 4.13. The molecule has 1 N–H and O–H groups in total. The molecule has 0 bridgehead atoms. The van der Waals surface area contributed by atoms with Crippen molar-refractivity contribution in [2.24, 2.45) is 0 Å². The highest BCUT2D eigenvalue weighted by molar-refractivity contribution is 7.80. The van der Waals surface area contributed by atoms with Crippen LogP contribution >= 0.6 is 12.6 Å². The van der Waals surface area contributed by atoms with Gasteiger partial charge in [0.25, 0.3) is 0 Å². The van der Waals surface area contributed by atoms with Crippen LogP contribution in [0.25, 0.3) is 0 Å². The minimum atomic E-state index is 0.475. The summed E-state index contributed by atoms with van der Waals surface area (Å²) in [7, 11) is 0. The number of hydrogen-bond donors (Lipinski definition) is 2. The van der Waals surface area contributed by atoms with Gasteiger partial charge in [0.15, 0.2) is 0 Å². The van der Waals surface area contributed by atoms with Crippen LogP contribution in [0.3, 0.4) is 0 Å². The maximum atomic E-state index is 4.13. The number of nitrogens with one attached hydrogen (secondary N) is 1. The molecular formula is C7H15NS. The molecular weight excluding hydrogens is 130 g/mol. The molecule has 9 heavy (non-hydrogen) atoms. The molecule has 2 heteroatoms. The summed E-state index contributed by atoms with van der Waals surface area (Å²) in [5, 5.41) is 3.47. The van der Waals surface area contributed by atoms with Gasteiger partial charge in [-0.25, -0.2) is 0 Å². The minimum Gasteiger partial charge on any atom is -0.311 e. The van der Waals surface area contributed by atoms with Gasteiger partial charge in [-0.15, -0.1) is 0 Å². The van der Waals surface area contributed by atoms with Crippen molar-refractivity contribution in [3.8, 4) is 0 Å². The topological polar surface area (TPSA) is 12.0 Å². The van der Waals surface area contributed by atoms with Crippen LogP contribution in [0.15, 0.2) is 0 Å². The number of hydrogen-bond acceptors (Lipinski definition) is 2. The van der Waals surface area contributed by atoms with E-state index >= 15 is 0 Å². The quantitative estimate of drug-likeness (QED) is 0.573. The zero-order valence-corrected chi connectivity index (χ0v) is 6.88. The minimum absolute atomic E-state index is 0.475. The molecule has 1 nitrogen and oxygen atoms in total. The second kappa shape index (κ2) is 2.93. The molecule has 1 saturated carbocycles. The van der Waals surface area contributed by atoms with Crippen molar-refractivity contribution < 1.29 is 0 Å². The first kappa shape index (κ1) is 7.42. The Morgan fingerprint density at radius 1 is 1.56 bits per heavy atom. The fraction of sp³-hybridized carbons (Fsp3) is 1.00. The van der Waals surface area contributed by atoms with E-state index in [4.69, 9.17) is 0 Å². The molecule has 0 radical (unpaired) electrons. The van der Waals surface area contributed by atoms with Gasteiger partial charge in [-0.05, 0) is 26.2 Å². The van der Waals surface area contributed by atoms with Gasteiger partial charge in [0, 0.05) is 17.8 Å². The molecule has 54 valence electrons. The summed E-state index contributed by atoms with van der Waals surface area (Å²) in [6.07, 6.45) is 4.09. The predicted molar refractivity (Wildman–Crippen MR) is 44.1 cm³/mol. The third-order valence-electron chi connectivity index (χ3n) is 2.12. The van der Waals surface area contributed by atoms with Crippen molar-refractivity contribution in [3.63, 3.8) is 0 Å². The lowest BCUT2D eigenvalue weighted by Gasteiger charge is -2.39. The van der Waals surface area contributed by atoms with E-state index in [-0.39, 0.29) is 0 Å². The van der Waals surface area contributed by atoms with Gasteiger partial charge in [-0.3, -0.25) is 0 Å². The smallest absolute Gasteiger partial charge is 0.0153 e. The van der Waals surface area contributed by atoms with Crippen LogP contribution in [0.5, 0.6) is 0 Å². The van der Waals surface area contributed by atoms with Gasteiger partial charge in [-0.2, -0.15) is 12.6 Å². The fourth-order valence-electron chi connectivity index (χ4n) is 1.24. The number of thiol groups is 1. The van der Waals surface area contributed by atoms with Crippen molar-refractivity contribution in [1.29, 1.82) is 0 Å². The molecule has 0 aromatic heterocycles. The third kappa shape index (κ3) is 1.87. The highest BCUT2D eigenvalue weighted by Gasteiger charge is 2.30. The van der Waals surface area contributed by atoms with E-state index in [1.807, 2.05) is 0 Å². The molecule has 0 unspecified atom stereocenters. The van der Waals surface area contributed by atoms with Crippen molar-refractivity contribution in [3.05, 3.63) is 0 Å². The van der Waals surface area contributed by atoms with E-state index in [1.165, 1.54) is 19.3 Å². The molecule has 0 heterocycles. The first-order valence-electron chi connectivity index (χ1n) is 3.63. The van der Waals surface area contributed by atoms with Gasteiger partial charge >= 0.3 is 0 Å². The van der Waals surface area contributed by atoms with Crippen LogP contribution in [0.4, 0.5) is 0 Å². The molecule has 0 saturated heterocycles. The van der Waals surface area contributed by atoms with E-state index in [0.717, 1.165) is 12.3 Å². The Hall–Kier alpha value is 0.310. The average molecular weight is 145 g/mol. The van der Waals surface area contributed by atoms with Crippen molar-refractivity contribution in [2.45, 2.75) is 31.7 Å². The summed E-state index contributed by atoms with van der Waals surface area (Å²) in [6.45, 7) is 3.35. The highest BCUT2D eigenvalue weighted by Crippen LogP contribution is 2.30. The predicted octanol–water partition coefficient (Wildman–Crippen LogP) is 1.45. The summed E-state index contributed by atoms with van der Waals surface area (Å²) >= 11 is 4.13. The van der Waals surface area contributed by atoms with Gasteiger partial charge in [0.05, 0.1) is 0 Å². The zero-order valence-electron chi connectivity index (χ0n) is 5.98. The Kier molecular flexibility index (Phi) is 2.42. The van der Waals surface area contributed by atoms with Crippen LogP contribution in [0.2, 0.25) is 0 Å². The number of rotatable bonds is 3. The van der Waals surface area contributed by atoms with E-state index in [9.17, 15) is 0 Å². The van der Waals surface area contributed by atoms with E-state index in [2.05, 4.69) is 24.9 Å². The summed E-state index contributed by atoms with van der Waals surface area (Å²) in [6, 6.07) is 0. The lowest BCUT2D eigenvalue weighted by atomic mass is 9.79. The van der Waals surface area contributed by atoms with E-state index in [1.54, 1.807) is 0 Å². The molecule has 0 aromatic carbocycles. The molecule has 1 fully saturated rings. The Morgan fingerprint density at radius 2 is 2.22 bits per heavy atom. The zero-order chi connectivity index (χ0) is 6.74. The van der Waals surface area contributed by atoms with Gasteiger partial charge in [0.1, 0.15) is 0 Å². The molecule has 1 aliphatic carbocycles. The maximum Gasteiger partial charge on any atom is 0.0153 e. The van der Waals surface area contributed by atoms with Crippen LogP contribution in [0, 0.1) is 0 Å². The summed E-state index contributed by atoms with van der Waals surface area (Å²) in [4.78, 5) is 0. The summed E-state index contributed by atoms with van der Waals surface area (Å²) in [5.74, 6) is 0.954. The first-order chi connectivity index (χ1) is 4.27. The van der Waals surface area contributed by atoms with E-state index < -0.39 is 0 Å². The van der Waals surface area contributed by atoms with Crippen LogP contribution in [0.1, 0.15) is 26.2 Å². The largest absolute Gasteiger partial charge is 0.311 e. The molecule has 0 amide bonds. The Labute approximate surface area is 62.6 Å². The van der Waals surface area contributed by atoms with Crippen LogP contribution in [-0.2, 0) is 0 Å². The summed E-state index contributed by atoms with van der Waals surface area (Å²) in [5.41, 5.74) is 0.475. The highest BCUT2D eigenvalue weighted by atomic mass is 32.1.